The predicted molar refractivity (Wildman–Crippen MR) is 50.1 cm³/mol. The van der Waals surface area contributed by atoms with Gasteiger partial charge in [-0.25, -0.2) is 14.8 Å². The third-order valence-electron chi connectivity index (χ3n) is 1.62. The van der Waals surface area contributed by atoms with Crippen molar-refractivity contribution in [2.45, 2.75) is 0 Å². The lowest BCUT2D eigenvalue weighted by Gasteiger charge is -1.95. The molecule has 0 aromatic carbocycles. The summed E-state index contributed by atoms with van der Waals surface area (Å²) in [6.45, 7) is 0. The van der Waals surface area contributed by atoms with Gasteiger partial charge < -0.3 is 5.11 Å². The Morgan fingerprint density at radius 2 is 2.36 bits per heavy atom. The van der Waals surface area contributed by atoms with Crippen LogP contribution in [0.5, 0.6) is 0 Å². The van der Waals surface area contributed by atoms with E-state index in [1.54, 1.807) is 12.3 Å². The molecule has 0 aliphatic rings. The summed E-state index contributed by atoms with van der Waals surface area (Å²) in [5.74, 6) is -0.993. The van der Waals surface area contributed by atoms with Crippen molar-refractivity contribution in [2.24, 2.45) is 0 Å². The molecular formula is C8H5N3O2S. The highest BCUT2D eigenvalue weighted by Gasteiger charge is 2.14. The molecule has 0 aliphatic carbocycles. The minimum Gasteiger partial charge on any atom is -0.478 e. The fourth-order valence-electron chi connectivity index (χ4n) is 1.00. The molecule has 0 spiro atoms. The van der Waals surface area contributed by atoms with E-state index in [4.69, 9.17) is 5.11 Å². The molecule has 0 radical (unpaired) electrons. The molecule has 0 saturated carbocycles. The lowest BCUT2D eigenvalue weighted by molar-refractivity contribution is 0.0698. The minimum atomic E-state index is -0.993. The van der Waals surface area contributed by atoms with Gasteiger partial charge in [0.2, 0.25) is 0 Å². The van der Waals surface area contributed by atoms with E-state index in [-0.39, 0.29) is 5.56 Å². The fraction of sp³-hybridized carbons (Fsp3) is 0. The van der Waals surface area contributed by atoms with Crippen molar-refractivity contribution in [1.82, 2.24) is 14.3 Å². The van der Waals surface area contributed by atoms with Crippen LogP contribution in [0.3, 0.4) is 0 Å². The number of hydrogen-bond donors (Lipinski definition) is 1. The van der Waals surface area contributed by atoms with Crippen molar-refractivity contribution < 1.29 is 9.90 Å². The summed E-state index contributed by atoms with van der Waals surface area (Å²) in [4.78, 5) is 19.1. The van der Waals surface area contributed by atoms with Gasteiger partial charge in [0, 0.05) is 6.20 Å². The van der Waals surface area contributed by atoms with Crippen LogP contribution in [0.1, 0.15) is 10.4 Å². The number of aromatic nitrogens is 3. The van der Waals surface area contributed by atoms with E-state index in [0.717, 1.165) is 11.5 Å². The molecule has 0 atom stereocenters. The second-order valence-electron chi connectivity index (χ2n) is 2.47. The second-order valence-corrected chi connectivity index (χ2v) is 3.27. The lowest BCUT2D eigenvalue weighted by Crippen LogP contribution is -1.96. The average molecular weight is 207 g/mol. The Bertz CT molecular complexity index is 455. The van der Waals surface area contributed by atoms with Crippen molar-refractivity contribution >= 4 is 17.5 Å². The Kier molecular flexibility index (Phi) is 2.19. The van der Waals surface area contributed by atoms with E-state index in [9.17, 15) is 4.79 Å². The van der Waals surface area contributed by atoms with Crippen LogP contribution in [-0.4, -0.2) is 25.4 Å². The SMILES string of the molecule is O=C(O)c1cnsc1-c1ccncn1. The average Bonchev–Trinajstić information content (AvgIpc) is 2.67. The molecule has 70 valence electrons. The summed E-state index contributed by atoms with van der Waals surface area (Å²) in [7, 11) is 0. The number of carboxylic acid groups (broad SMARTS) is 1. The Morgan fingerprint density at radius 3 is 3.00 bits per heavy atom. The first kappa shape index (κ1) is 8.76. The maximum Gasteiger partial charge on any atom is 0.338 e. The van der Waals surface area contributed by atoms with Crippen LogP contribution in [0.4, 0.5) is 0 Å². The molecular weight excluding hydrogens is 202 g/mol. The molecule has 0 fully saturated rings. The molecule has 2 aromatic heterocycles. The van der Waals surface area contributed by atoms with Gasteiger partial charge in [0.15, 0.2) is 0 Å². The van der Waals surface area contributed by atoms with Crippen LogP contribution in [0.25, 0.3) is 10.6 Å². The summed E-state index contributed by atoms with van der Waals surface area (Å²) in [6.07, 6.45) is 4.26. The first-order chi connectivity index (χ1) is 6.79. The smallest absolute Gasteiger partial charge is 0.338 e. The fourth-order valence-corrected chi connectivity index (χ4v) is 1.72. The number of carboxylic acids is 1. The summed E-state index contributed by atoms with van der Waals surface area (Å²) in [5.41, 5.74) is 0.758. The first-order valence-corrected chi connectivity index (χ1v) is 4.50. The van der Waals surface area contributed by atoms with Crippen LogP contribution >= 0.6 is 11.5 Å². The van der Waals surface area contributed by atoms with E-state index < -0.39 is 5.97 Å². The Labute approximate surface area is 83.2 Å². The van der Waals surface area contributed by atoms with E-state index in [1.165, 1.54) is 12.5 Å². The number of rotatable bonds is 2. The topological polar surface area (TPSA) is 76.0 Å². The zero-order valence-corrected chi connectivity index (χ0v) is 7.73. The van der Waals surface area contributed by atoms with Crippen molar-refractivity contribution in [3.8, 4) is 10.6 Å². The predicted octanol–water partition coefficient (Wildman–Crippen LogP) is 1.30. The molecule has 0 unspecified atom stereocenters. The molecule has 2 aromatic rings. The van der Waals surface area contributed by atoms with Crippen molar-refractivity contribution in [1.29, 1.82) is 0 Å². The minimum absolute atomic E-state index is 0.175. The quantitative estimate of drug-likeness (QED) is 0.803. The largest absolute Gasteiger partial charge is 0.478 e. The highest BCUT2D eigenvalue weighted by molar-refractivity contribution is 7.10. The third-order valence-corrected chi connectivity index (χ3v) is 2.44. The van der Waals surface area contributed by atoms with Crippen LogP contribution in [-0.2, 0) is 0 Å². The van der Waals surface area contributed by atoms with Gasteiger partial charge in [0.25, 0.3) is 0 Å². The monoisotopic (exact) mass is 207 g/mol. The number of carbonyl (C=O) groups is 1. The molecule has 0 aliphatic heterocycles. The molecule has 0 amide bonds. The summed E-state index contributed by atoms with van der Waals surface area (Å²) in [5, 5.41) is 8.84. The van der Waals surface area contributed by atoms with Crippen molar-refractivity contribution in [2.75, 3.05) is 0 Å². The molecule has 2 heterocycles. The van der Waals surface area contributed by atoms with Gasteiger partial charge in [-0.05, 0) is 17.6 Å². The molecule has 14 heavy (non-hydrogen) atoms. The lowest BCUT2D eigenvalue weighted by atomic mass is 10.2. The third kappa shape index (κ3) is 1.47. The van der Waals surface area contributed by atoms with Crippen molar-refractivity contribution in [3.05, 3.63) is 30.4 Å². The molecule has 6 heteroatoms. The van der Waals surface area contributed by atoms with Gasteiger partial charge in [0.1, 0.15) is 6.33 Å². The van der Waals surface area contributed by atoms with Gasteiger partial charge in [0.05, 0.1) is 22.3 Å². The molecule has 0 saturated heterocycles. The summed E-state index contributed by atoms with van der Waals surface area (Å²) < 4.78 is 3.82. The molecule has 1 N–H and O–H groups in total. The highest BCUT2D eigenvalue weighted by Crippen LogP contribution is 2.24. The summed E-state index contributed by atoms with van der Waals surface area (Å²) in [6, 6.07) is 1.65. The first-order valence-electron chi connectivity index (χ1n) is 3.73. The van der Waals surface area contributed by atoms with Gasteiger partial charge in [-0.2, -0.15) is 4.37 Å². The van der Waals surface area contributed by atoms with Crippen LogP contribution in [0.15, 0.2) is 24.8 Å². The Morgan fingerprint density at radius 1 is 1.50 bits per heavy atom. The molecule has 5 nitrogen and oxygen atoms in total. The van der Waals surface area contributed by atoms with E-state index in [0.29, 0.717) is 10.6 Å². The Balaban J connectivity index is 2.52. The van der Waals surface area contributed by atoms with E-state index >= 15 is 0 Å². The van der Waals surface area contributed by atoms with Gasteiger partial charge in [-0.3, -0.25) is 0 Å². The number of aromatic carboxylic acids is 1. The second kappa shape index (κ2) is 3.51. The summed E-state index contributed by atoms with van der Waals surface area (Å²) >= 11 is 1.11. The van der Waals surface area contributed by atoms with E-state index in [1.807, 2.05) is 0 Å². The molecule has 2 rings (SSSR count). The Hall–Kier alpha value is -1.82. The maximum absolute atomic E-state index is 10.8. The zero-order valence-electron chi connectivity index (χ0n) is 6.91. The number of hydrogen-bond acceptors (Lipinski definition) is 5. The maximum atomic E-state index is 10.8. The van der Waals surface area contributed by atoms with Gasteiger partial charge >= 0.3 is 5.97 Å². The molecule has 0 bridgehead atoms. The van der Waals surface area contributed by atoms with Crippen LogP contribution in [0, 0.1) is 0 Å². The van der Waals surface area contributed by atoms with Crippen LogP contribution < -0.4 is 0 Å². The van der Waals surface area contributed by atoms with Crippen molar-refractivity contribution in [3.63, 3.8) is 0 Å². The highest BCUT2D eigenvalue weighted by atomic mass is 32.1. The number of nitrogens with zero attached hydrogens (tertiary/aromatic N) is 3. The van der Waals surface area contributed by atoms with Gasteiger partial charge in [-0.1, -0.05) is 0 Å². The standard InChI is InChI=1S/C8H5N3O2S/c12-8(13)5-3-11-14-7(5)6-1-2-9-4-10-6/h1-4H,(H,12,13). The van der Waals surface area contributed by atoms with E-state index in [2.05, 4.69) is 14.3 Å². The van der Waals surface area contributed by atoms with Gasteiger partial charge in [-0.15, -0.1) is 0 Å². The normalized spacial score (nSPS) is 10.0. The van der Waals surface area contributed by atoms with Crippen LogP contribution in [0.2, 0.25) is 0 Å². The zero-order chi connectivity index (χ0) is 9.97.